The maximum absolute atomic E-state index is 14.6. The van der Waals surface area contributed by atoms with Gasteiger partial charge in [0.05, 0.1) is 34.6 Å². The Kier molecular flexibility index (Phi) is 10.7. The van der Waals surface area contributed by atoms with Gasteiger partial charge in [-0.3, -0.25) is 28.9 Å². The predicted octanol–water partition coefficient (Wildman–Crippen LogP) is 3.32. The fourth-order valence-corrected chi connectivity index (χ4v) is 8.74. The molecule has 1 unspecified atom stereocenters. The number of carbonyl (C=O) groups is 4. The Balaban J connectivity index is 1.23. The molecule has 2 aliphatic heterocycles. The summed E-state index contributed by atoms with van der Waals surface area (Å²) in [6, 6.07) is 2.71. The van der Waals surface area contributed by atoms with Crippen LogP contribution in [-0.2, 0) is 24.4 Å². The number of amides is 4. The molecule has 290 valence electrons. The predicted molar refractivity (Wildman–Crippen MR) is 195 cm³/mol. The Morgan fingerprint density at radius 1 is 1.02 bits per heavy atom. The van der Waals surface area contributed by atoms with Crippen LogP contribution in [-0.4, -0.2) is 87.4 Å². The van der Waals surface area contributed by atoms with Crippen molar-refractivity contribution in [2.75, 3.05) is 6.54 Å². The number of nitrogens with zero attached hydrogens (tertiary/aromatic N) is 4. The molecular weight excluding hydrogens is 737 g/mol. The molecule has 4 amide bonds. The van der Waals surface area contributed by atoms with Crippen LogP contribution < -0.4 is 20.1 Å². The minimum Gasteiger partial charge on any atom is -0.471 e. The summed E-state index contributed by atoms with van der Waals surface area (Å²) in [5.74, 6) is -5.15. The van der Waals surface area contributed by atoms with Crippen molar-refractivity contribution in [3.63, 3.8) is 0 Å². The molecule has 7 rings (SSSR count). The van der Waals surface area contributed by atoms with Crippen LogP contribution in [0.2, 0.25) is 0 Å². The second kappa shape index (κ2) is 15.4. The molecule has 1 saturated carbocycles. The van der Waals surface area contributed by atoms with E-state index in [-0.39, 0.29) is 42.8 Å². The molecule has 0 bridgehead atoms. The number of carbonyl (C=O) groups excluding carboxylic acids is 4. The molecule has 0 spiro atoms. The SMILES string of the molecule is Cc1nc2ccc(F)cc2nc1O[C@@H]1C[C@H]2C(=O)N[C@]3(C(=O)NS(=O)(=O)C4CC4)CC=CC3/C=C\CCCCC[C@H](NC(=O)c3ccncc3F)C(=O)N2C1. The average Bonchev–Trinajstić information content (AvgIpc) is 3.82. The third-order valence-electron chi connectivity index (χ3n) is 10.5. The number of halogens is 2. The molecule has 5 atom stereocenters. The topological polar surface area (TPSA) is 190 Å². The molecule has 1 saturated heterocycles. The normalized spacial score (nSPS) is 26.6. The van der Waals surface area contributed by atoms with Crippen LogP contribution >= 0.6 is 0 Å². The fourth-order valence-electron chi connectivity index (χ4n) is 7.38. The summed E-state index contributed by atoms with van der Waals surface area (Å²) in [6.07, 6.45) is 11.8. The minimum atomic E-state index is -3.99. The van der Waals surface area contributed by atoms with Crippen LogP contribution in [0.3, 0.4) is 0 Å². The molecule has 3 N–H and O–H groups in total. The summed E-state index contributed by atoms with van der Waals surface area (Å²) >= 11 is 0. The number of pyridine rings is 1. The van der Waals surface area contributed by atoms with Gasteiger partial charge < -0.3 is 20.3 Å². The number of aromatic nitrogens is 3. The van der Waals surface area contributed by atoms with Gasteiger partial charge >= 0.3 is 0 Å². The zero-order valence-electron chi connectivity index (χ0n) is 30.0. The van der Waals surface area contributed by atoms with Crippen molar-refractivity contribution in [3.05, 3.63) is 83.9 Å². The Morgan fingerprint density at radius 2 is 1.82 bits per heavy atom. The number of nitrogens with one attached hydrogen (secondary N) is 3. The second-order valence-corrected chi connectivity index (χ2v) is 16.4. The van der Waals surface area contributed by atoms with Crippen molar-refractivity contribution in [3.8, 4) is 5.88 Å². The van der Waals surface area contributed by atoms with Gasteiger partial charge in [-0.25, -0.2) is 27.2 Å². The van der Waals surface area contributed by atoms with E-state index in [0.29, 0.717) is 49.7 Å². The molecule has 2 aromatic heterocycles. The molecule has 3 aromatic rings. The van der Waals surface area contributed by atoms with Crippen LogP contribution in [0.1, 0.15) is 73.8 Å². The highest BCUT2D eigenvalue weighted by Crippen LogP contribution is 2.35. The smallest absolute Gasteiger partial charge is 0.260 e. The van der Waals surface area contributed by atoms with Gasteiger partial charge in [-0.2, -0.15) is 0 Å². The van der Waals surface area contributed by atoms with Crippen LogP contribution in [0, 0.1) is 24.5 Å². The molecule has 2 fully saturated rings. The van der Waals surface area contributed by atoms with E-state index in [2.05, 4.69) is 30.3 Å². The second-order valence-electron chi connectivity index (χ2n) is 14.5. The monoisotopic (exact) mass is 777 g/mol. The zero-order valence-corrected chi connectivity index (χ0v) is 30.9. The lowest BCUT2D eigenvalue weighted by molar-refractivity contribution is -0.142. The molecule has 0 radical (unpaired) electrons. The third kappa shape index (κ3) is 8.07. The number of ether oxygens (including phenoxy) is 1. The van der Waals surface area contributed by atoms with Gasteiger partial charge in [0.15, 0.2) is 5.82 Å². The molecule has 4 heterocycles. The van der Waals surface area contributed by atoms with E-state index in [1.54, 1.807) is 25.2 Å². The standard InChI is InChI=1S/C38H41F2N7O7S/c1-22-35(44-31-18-24(39)11-14-29(31)42-22)54-25-19-32-34(49)45-38(37(51)46-55(52,53)26-12-13-26)16-7-9-23(38)8-5-3-2-4-6-10-30(36(50)47(32)21-25)43-33(48)27-15-17-41-20-28(27)40/h5,7-9,11,14-15,17-18,20,23,25-26,30,32H,2-4,6,10,12-13,16,19,21H2,1H3,(H,43,48)(H,45,49)(H,46,51)/b8-5-/t23?,25-,30+,32+,38-/m1/s1. The van der Waals surface area contributed by atoms with Crippen molar-refractivity contribution in [2.24, 2.45) is 5.92 Å². The third-order valence-corrected chi connectivity index (χ3v) is 12.3. The first kappa shape index (κ1) is 38.0. The van der Waals surface area contributed by atoms with Crippen LogP contribution in [0.25, 0.3) is 11.0 Å². The lowest BCUT2D eigenvalue weighted by Gasteiger charge is -2.36. The molecule has 2 aliphatic carbocycles. The molecule has 17 heteroatoms. The number of hydrogen-bond donors (Lipinski definition) is 3. The number of sulfonamides is 1. The average molecular weight is 778 g/mol. The molecule has 1 aromatic carbocycles. The van der Waals surface area contributed by atoms with Crippen molar-refractivity contribution >= 4 is 44.7 Å². The molecule has 4 aliphatic rings. The Labute approximate surface area is 316 Å². The highest BCUT2D eigenvalue weighted by Gasteiger charge is 2.52. The van der Waals surface area contributed by atoms with E-state index in [9.17, 15) is 36.4 Å². The van der Waals surface area contributed by atoms with Crippen molar-refractivity contribution in [1.82, 2.24) is 35.2 Å². The summed E-state index contributed by atoms with van der Waals surface area (Å²) in [4.78, 5) is 70.4. The first-order chi connectivity index (χ1) is 26.3. The van der Waals surface area contributed by atoms with E-state index in [1.807, 2.05) is 6.08 Å². The minimum absolute atomic E-state index is 0.0149. The Morgan fingerprint density at radius 3 is 2.60 bits per heavy atom. The van der Waals surface area contributed by atoms with Gasteiger partial charge in [0.2, 0.25) is 27.7 Å². The summed E-state index contributed by atoms with van der Waals surface area (Å²) in [5, 5.41) is 4.83. The van der Waals surface area contributed by atoms with Crippen molar-refractivity contribution < 1.29 is 41.1 Å². The number of fused-ring (bicyclic) bond motifs is 3. The quantitative estimate of drug-likeness (QED) is 0.300. The van der Waals surface area contributed by atoms with Gasteiger partial charge in [-0.15, -0.1) is 0 Å². The maximum Gasteiger partial charge on any atom is 0.260 e. The van der Waals surface area contributed by atoms with E-state index >= 15 is 0 Å². The summed E-state index contributed by atoms with van der Waals surface area (Å²) < 4.78 is 63.1. The van der Waals surface area contributed by atoms with Gasteiger partial charge in [-0.05, 0) is 63.6 Å². The molecule has 14 nitrogen and oxygen atoms in total. The van der Waals surface area contributed by atoms with Crippen molar-refractivity contribution in [2.45, 2.75) is 93.7 Å². The number of benzene rings is 1. The lowest BCUT2D eigenvalue weighted by atomic mass is 9.84. The first-order valence-electron chi connectivity index (χ1n) is 18.4. The van der Waals surface area contributed by atoms with Crippen LogP contribution in [0.5, 0.6) is 5.88 Å². The Bertz CT molecular complexity index is 2200. The summed E-state index contributed by atoms with van der Waals surface area (Å²) in [6.45, 7) is 1.49. The zero-order chi connectivity index (χ0) is 38.9. The largest absolute Gasteiger partial charge is 0.471 e. The maximum atomic E-state index is 14.6. The lowest BCUT2D eigenvalue weighted by Crippen LogP contribution is -2.64. The highest BCUT2D eigenvalue weighted by atomic mass is 32.2. The van der Waals surface area contributed by atoms with E-state index in [4.69, 9.17) is 4.74 Å². The molecule has 55 heavy (non-hydrogen) atoms. The van der Waals surface area contributed by atoms with Gasteiger partial charge in [0, 0.05) is 24.6 Å². The number of aryl methyl sites for hydroxylation is 1. The highest BCUT2D eigenvalue weighted by molar-refractivity contribution is 7.91. The Hall–Kier alpha value is -5.32. The van der Waals surface area contributed by atoms with Gasteiger partial charge in [-0.1, -0.05) is 37.1 Å². The van der Waals surface area contributed by atoms with Crippen LogP contribution in [0.4, 0.5) is 8.78 Å². The van der Waals surface area contributed by atoms with Crippen molar-refractivity contribution in [1.29, 1.82) is 0 Å². The van der Waals surface area contributed by atoms with E-state index in [0.717, 1.165) is 6.20 Å². The fraction of sp³-hybridized carbons (Fsp3) is 0.447. The molecular formula is C38H41F2N7O7S. The van der Waals surface area contributed by atoms with Gasteiger partial charge in [0.1, 0.15) is 35.2 Å². The summed E-state index contributed by atoms with van der Waals surface area (Å²) in [5.41, 5.74) is -1.000. The van der Waals surface area contributed by atoms with E-state index in [1.165, 1.54) is 35.4 Å². The number of allylic oxidation sites excluding steroid dienone is 1. The summed E-state index contributed by atoms with van der Waals surface area (Å²) in [7, 11) is -3.99. The number of hydrogen-bond acceptors (Lipinski definition) is 10. The van der Waals surface area contributed by atoms with Gasteiger partial charge in [0.25, 0.3) is 11.8 Å². The first-order valence-corrected chi connectivity index (χ1v) is 19.9. The van der Waals surface area contributed by atoms with E-state index < -0.39 is 80.2 Å². The number of rotatable bonds is 7. The van der Waals surface area contributed by atoms with Crippen LogP contribution in [0.15, 0.2) is 61.0 Å².